The molecule has 0 spiro atoms. The number of ether oxygens (including phenoxy) is 5. The van der Waals surface area contributed by atoms with Crippen LogP contribution in [0.15, 0.2) is 59.7 Å². The molecule has 11 heteroatoms. The van der Waals surface area contributed by atoms with Gasteiger partial charge < -0.3 is 28.8 Å². The summed E-state index contributed by atoms with van der Waals surface area (Å²) in [7, 11) is 0. The van der Waals surface area contributed by atoms with Gasteiger partial charge in [-0.1, -0.05) is 70.2 Å². The molecular weight excluding hydrogens is 668 g/mol. The molecule has 0 aliphatic heterocycles. The van der Waals surface area contributed by atoms with E-state index in [1.807, 2.05) is 58.0 Å². The number of aliphatic hydroxyl groups is 1. The van der Waals surface area contributed by atoms with Crippen LogP contribution < -0.4 is 0 Å². The van der Waals surface area contributed by atoms with Crippen molar-refractivity contribution in [1.29, 1.82) is 0 Å². The lowest BCUT2D eigenvalue weighted by atomic mass is 9.49. The first-order valence-corrected chi connectivity index (χ1v) is 18.0. The molecule has 0 radical (unpaired) electrons. The Morgan fingerprint density at radius 1 is 0.923 bits per heavy atom. The minimum Gasteiger partial charge on any atom is -0.461 e. The first-order valence-electron chi connectivity index (χ1n) is 18.0. The molecule has 1 aromatic carbocycles. The Bertz CT molecular complexity index is 1610. The highest BCUT2D eigenvalue weighted by atomic mass is 16.6. The maximum absolute atomic E-state index is 13.6. The Balaban J connectivity index is 1.95. The highest BCUT2D eigenvalue weighted by Gasteiger charge is 2.64. The van der Waals surface area contributed by atoms with Gasteiger partial charge in [-0.25, -0.2) is 4.79 Å². The fourth-order valence-electron chi connectivity index (χ4n) is 8.97. The van der Waals surface area contributed by atoms with Gasteiger partial charge in [-0.2, -0.15) is 0 Å². The van der Waals surface area contributed by atoms with E-state index in [9.17, 15) is 29.1 Å². The van der Waals surface area contributed by atoms with Gasteiger partial charge in [0.25, 0.3) is 0 Å². The monoisotopic (exact) mass is 722 g/mol. The minimum absolute atomic E-state index is 0.0485. The van der Waals surface area contributed by atoms with Crippen LogP contribution in [0, 0.1) is 28.6 Å². The molecule has 2 bridgehead atoms. The molecule has 4 rings (SSSR count). The summed E-state index contributed by atoms with van der Waals surface area (Å²) in [6.07, 6.45) is -1.76. The maximum atomic E-state index is 13.6. The molecule has 2 fully saturated rings. The van der Waals surface area contributed by atoms with Crippen LogP contribution in [0.3, 0.4) is 0 Å². The van der Waals surface area contributed by atoms with Crippen LogP contribution in [0.1, 0.15) is 93.6 Å². The number of hydrogen-bond donors (Lipinski definition) is 1. The molecule has 0 heterocycles. The standard InChI is InChI=1S/C41H54O11/c1-11-29(45)23(3)39(47)51-31-19-22(2)35-32(49-26(6)43)21-41(10)33(52-34(46)18-17-28-15-13-12-14-16-28)20-30(48-25(5)42)24(4)36(41)38(50-27(7)44)37(31)40(35,8)9/h12-18,23,29-33,36-38,45H,4,11,19-21H2,1-3,5-10H3/b18-17+/t23?,29?,30-,31-,32-,33-,36-,37-,38-,41+/m0/s1. The van der Waals surface area contributed by atoms with E-state index >= 15 is 0 Å². The third kappa shape index (κ3) is 8.51. The van der Waals surface area contributed by atoms with Crippen LogP contribution in [0.2, 0.25) is 0 Å². The van der Waals surface area contributed by atoms with Gasteiger partial charge in [0.05, 0.1) is 12.0 Å². The third-order valence-electron chi connectivity index (χ3n) is 11.2. The molecule has 2 saturated carbocycles. The first kappa shape index (κ1) is 40.5. The number of esters is 5. The average Bonchev–Trinajstić information content (AvgIpc) is 3.04. The molecule has 3 aliphatic rings. The number of fused-ring (bicyclic) bond motifs is 3. The third-order valence-corrected chi connectivity index (χ3v) is 11.2. The second kappa shape index (κ2) is 16.2. The maximum Gasteiger partial charge on any atom is 0.331 e. The molecule has 2 unspecified atom stereocenters. The Hall–Kier alpha value is -4.25. The largest absolute Gasteiger partial charge is 0.461 e. The summed E-state index contributed by atoms with van der Waals surface area (Å²) in [6, 6.07) is 9.24. The number of rotatable bonds is 10. The summed E-state index contributed by atoms with van der Waals surface area (Å²) < 4.78 is 30.7. The Morgan fingerprint density at radius 3 is 2.10 bits per heavy atom. The quantitative estimate of drug-likeness (QED) is 0.130. The smallest absolute Gasteiger partial charge is 0.331 e. The summed E-state index contributed by atoms with van der Waals surface area (Å²) in [4.78, 5) is 65.5. The van der Waals surface area contributed by atoms with Crippen LogP contribution >= 0.6 is 0 Å². The van der Waals surface area contributed by atoms with Crippen molar-refractivity contribution in [3.8, 4) is 0 Å². The zero-order valence-electron chi connectivity index (χ0n) is 31.8. The van der Waals surface area contributed by atoms with Crippen molar-refractivity contribution in [2.75, 3.05) is 0 Å². The van der Waals surface area contributed by atoms with E-state index < -0.39 is 95.1 Å². The van der Waals surface area contributed by atoms with Crippen LogP contribution in [0.25, 0.3) is 6.08 Å². The van der Waals surface area contributed by atoms with E-state index in [1.54, 1.807) is 19.9 Å². The molecule has 0 saturated heterocycles. The lowest BCUT2D eigenvalue weighted by molar-refractivity contribution is -0.205. The Kier molecular flexibility index (Phi) is 12.6. The van der Waals surface area contributed by atoms with Gasteiger partial charge in [0.15, 0.2) is 0 Å². The van der Waals surface area contributed by atoms with Gasteiger partial charge in [0, 0.05) is 56.9 Å². The number of benzene rings is 1. The number of carbonyl (C=O) groups is 5. The summed E-state index contributed by atoms with van der Waals surface area (Å²) in [5.74, 6) is -5.36. The van der Waals surface area contributed by atoms with Gasteiger partial charge in [-0.3, -0.25) is 19.2 Å². The van der Waals surface area contributed by atoms with Crippen LogP contribution in [-0.4, -0.2) is 71.6 Å². The van der Waals surface area contributed by atoms with Crippen LogP contribution in [-0.2, 0) is 47.7 Å². The van der Waals surface area contributed by atoms with E-state index in [2.05, 4.69) is 6.58 Å². The molecule has 1 N–H and O–H groups in total. The fourth-order valence-corrected chi connectivity index (χ4v) is 8.97. The Morgan fingerprint density at radius 2 is 1.52 bits per heavy atom. The van der Waals surface area contributed by atoms with E-state index in [1.165, 1.54) is 26.8 Å². The second-order valence-electron chi connectivity index (χ2n) is 15.3. The number of carbonyl (C=O) groups excluding carboxylic acids is 5. The highest BCUT2D eigenvalue weighted by molar-refractivity contribution is 5.87. The van der Waals surface area contributed by atoms with Crippen molar-refractivity contribution in [3.05, 3.63) is 65.3 Å². The van der Waals surface area contributed by atoms with Gasteiger partial charge in [0.1, 0.15) is 30.5 Å². The zero-order valence-corrected chi connectivity index (χ0v) is 31.8. The Labute approximate surface area is 306 Å². The lowest BCUT2D eigenvalue weighted by Gasteiger charge is -2.60. The molecule has 52 heavy (non-hydrogen) atoms. The predicted molar refractivity (Wildman–Crippen MR) is 192 cm³/mol. The van der Waals surface area contributed by atoms with Crippen molar-refractivity contribution in [3.63, 3.8) is 0 Å². The van der Waals surface area contributed by atoms with Crippen molar-refractivity contribution < 1.29 is 52.8 Å². The zero-order chi connectivity index (χ0) is 38.7. The van der Waals surface area contributed by atoms with Crippen LogP contribution in [0.5, 0.6) is 0 Å². The fraction of sp³-hybridized carbons (Fsp3) is 0.585. The highest BCUT2D eigenvalue weighted by Crippen LogP contribution is 2.61. The summed E-state index contributed by atoms with van der Waals surface area (Å²) >= 11 is 0. The molecule has 0 amide bonds. The summed E-state index contributed by atoms with van der Waals surface area (Å²) in [6.45, 7) is 19.3. The van der Waals surface area contributed by atoms with E-state index in [4.69, 9.17) is 23.7 Å². The first-order chi connectivity index (χ1) is 24.3. The van der Waals surface area contributed by atoms with Crippen molar-refractivity contribution in [1.82, 2.24) is 0 Å². The SMILES string of the molecule is C=C1[C@@H](OC(C)=O)C[C@H](OC(=O)/C=C/c2ccccc2)[C@@]2(C)C[C@H](OC(C)=O)C3=C(C)C[C@H](OC(=O)C(C)C(O)CC)[C@@H]([C@@H](OC(C)=O)[C@H]12)C3(C)C. The van der Waals surface area contributed by atoms with Crippen molar-refractivity contribution >= 4 is 35.9 Å². The minimum atomic E-state index is -1.12. The average molecular weight is 723 g/mol. The normalized spacial score (nSPS) is 30.9. The second-order valence-corrected chi connectivity index (χ2v) is 15.3. The molecular formula is C41H54O11. The van der Waals surface area contributed by atoms with E-state index in [0.717, 1.165) is 16.7 Å². The number of hydrogen-bond acceptors (Lipinski definition) is 11. The van der Waals surface area contributed by atoms with E-state index in [0.29, 0.717) is 12.0 Å². The molecule has 284 valence electrons. The molecule has 11 nitrogen and oxygen atoms in total. The lowest BCUT2D eigenvalue weighted by Crippen LogP contribution is -2.64. The van der Waals surface area contributed by atoms with Gasteiger partial charge in [-0.15, -0.1) is 0 Å². The number of aliphatic hydroxyl groups excluding tert-OH is 1. The van der Waals surface area contributed by atoms with Gasteiger partial charge in [0.2, 0.25) is 0 Å². The summed E-state index contributed by atoms with van der Waals surface area (Å²) in [5.41, 5.74) is 0.823. The summed E-state index contributed by atoms with van der Waals surface area (Å²) in [5, 5.41) is 10.5. The molecule has 1 aromatic rings. The molecule has 10 atom stereocenters. The van der Waals surface area contributed by atoms with Gasteiger partial charge in [-0.05, 0) is 54.9 Å². The molecule has 0 aromatic heterocycles. The topological polar surface area (TPSA) is 152 Å². The van der Waals surface area contributed by atoms with Crippen LogP contribution in [0.4, 0.5) is 0 Å². The molecule has 3 aliphatic carbocycles. The van der Waals surface area contributed by atoms with Gasteiger partial charge >= 0.3 is 29.8 Å². The predicted octanol–water partition coefficient (Wildman–Crippen LogP) is 6.07. The van der Waals surface area contributed by atoms with E-state index in [-0.39, 0.29) is 19.3 Å². The van der Waals surface area contributed by atoms with Crippen molar-refractivity contribution in [2.24, 2.45) is 28.6 Å². The van der Waals surface area contributed by atoms with Crippen molar-refractivity contribution in [2.45, 2.75) is 125 Å².